The number of benzene rings is 1. The minimum Gasteiger partial charge on any atom is -0.444 e. The lowest BCUT2D eigenvalue weighted by atomic mass is 10.1. The standard InChI is InChI=1S/C22H31FN2O6/c23-16-7-5-15(6-8-16)22-24-17(14-31-22)13-30-10-4-2-1-3-9-25-11-18(26)20(28)21(29)19(27)12-25/h5-8,14,18-21,26-29H,1-4,9-13H2/t18-,19-,20+,21+/m0/s1. The van der Waals surface area contributed by atoms with Gasteiger partial charge < -0.3 is 29.6 Å². The Morgan fingerprint density at radius 3 is 2.29 bits per heavy atom. The van der Waals surface area contributed by atoms with Crippen molar-refractivity contribution in [1.29, 1.82) is 0 Å². The molecule has 0 saturated carbocycles. The molecule has 4 atom stereocenters. The largest absolute Gasteiger partial charge is 0.444 e. The summed E-state index contributed by atoms with van der Waals surface area (Å²) in [4.78, 5) is 6.21. The first-order valence-corrected chi connectivity index (χ1v) is 10.7. The Morgan fingerprint density at radius 2 is 1.61 bits per heavy atom. The molecule has 9 heteroatoms. The first-order valence-electron chi connectivity index (χ1n) is 10.7. The zero-order valence-electron chi connectivity index (χ0n) is 17.4. The maximum atomic E-state index is 13.0. The van der Waals surface area contributed by atoms with E-state index in [1.807, 2.05) is 4.90 Å². The monoisotopic (exact) mass is 438 g/mol. The van der Waals surface area contributed by atoms with Crippen LogP contribution in [0.15, 0.2) is 34.9 Å². The molecule has 0 aliphatic carbocycles. The number of β-amino-alcohol motifs (C(OH)–C–C–N with tert-alkyl or cyclic N) is 2. The smallest absolute Gasteiger partial charge is 0.226 e. The van der Waals surface area contributed by atoms with Crippen molar-refractivity contribution >= 4 is 0 Å². The molecule has 0 amide bonds. The van der Waals surface area contributed by atoms with Crippen molar-refractivity contribution in [2.24, 2.45) is 0 Å². The molecule has 8 nitrogen and oxygen atoms in total. The molecule has 0 radical (unpaired) electrons. The molecule has 172 valence electrons. The van der Waals surface area contributed by atoms with E-state index >= 15 is 0 Å². The van der Waals surface area contributed by atoms with Gasteiger partial charge in [-0.3, -0.25) is 4.90 Å². The summed E-state index contributed by atoms with van der Waals surface area (Å²) < 4.78 is 24.0. The Labute approximate surface area is 180 Å². The lowest BCUT2D eigenvalue weighted by Gasteiger charge is -2.23. The molecule has 0 bridgehead atoms. The van der Waals surface area contributed by atoms with Gasteiger partial charge in [-0.15, -0.1) is 0 Å². The van der Waals surface area contributed by atoms with Crippen molar-refractivity contribution in [2.45, 2.75) is 56.7 Å². The number of oxazole rings is 1. The highest BCUT2D eigenvalue weighted by molar-refractivity contribution is 5.52. The predicted molar refractivity (Wildman–Crippen MR) is 110 cm³/mol. The van der Waals surface area contributed by atoms with Crippen molar-refractivity contribution in [3.8, 4) is 11.5 Å². The highest BCUT2D eigenvalue weighted by Gasteiger charge is 2.35. The molecule has 31 heavy (non-hydrogen) atoms. The topological polar surface area (TPSA) is 119 Å². The Balaban J connectivity index is 1.26. The van der Waals surface area contributed by atoms with E-state index in [-0.39, 0.29) is 18.9 Å². The van der Waals surface area contributed by atoms with Crippen LogP contribution >= 0.6 is 0 Å². The predicted octanol–water partition coefficient (Wildman–Crippen LogP) is 1.32. The number of likely N-dealkylation sites (tertiary alicyclic amines) is 1. The van der Waals surface area contributed by atoms with E-state index in [9.17, 15) is 24.8 Å². The molecular formula is C22H31FN2O6. The van der Waals surface area contributed by atoms with Crippen LogP contribution in [-0.4, -0.2) is 81.0 Å². The first-order chi connectivity index (χ1) is 14.9. The van der Waals surface area contributed by atoms with Crippen LogP contribution in [0.4, 0.5) is 4.39 Å². The second-order valence-corrected chi connectivity index (χ2v) is 7.99. The number of rotatable bonds is 10. The molecule has 0 spiro atoms. The number of hydrogen-bond donors (Lipinski definition) is 4. The number of unbranched alkanes of at least 4 members (excludes halogenated alkanes) is 3. The first kappa shape index (κ1) is 23.8. The van der Waals surface area contributed by atoms with Gasteiger partial charge in [0.05, 0.1) is 18.8 Å². The van der Waals surface area contributed by atoms with E-state index in [0.717, 1.165) is 25.7 Å². The van der Waals surface area contributed by atoms with Crippen molar-refractivity contribution in [1.82, 2.24) is 9.88 Å². The molecule has 1 saturated heterocycles. The van der Waals surface area contributed by atoms with E-state index in [1.165, 1.54) is 18.4 Å². The van der Waals surface area contributed by atoms with Crippen LogP contribution in [0.25, 0.3) is 11.5 Å². The number of aliphatic hydroxyl groups is 4. The molecule has 3 rings (SSSR count). The van der Waals surface area contributed by atoms with Gasteiger partial charge in [0.25, 0.3) is 0 Å². The molecule has 1 fully saturated rings. The summed E-state index contributed by atoms with van der Waals surface area (Å²) in [6, 6.07) is 5.95. The fourth-order valence-corrected chi connectivity index (χ4v) is 3.63. The molecule has 2 heterocycles. The third kappa shape index (κ3) is 7.06. The average molecular weight is 438 g/mol. The number of ether oxygens (including phenoxy) is 1. The second-order valence-electron chi connectivity index (χ2n) is 7.99. The van der Waals surface area contributed by atoms with Gasteiger partial charge in [0.15, 0.2) is 0 Å². The van der Waals surface area contributed by atoms with E-state index in [2.05, 4.69) is 4.98 Å². The molecular weight excluding hydrogens is 407 g/mol. The number of nitrogens with zero attached hydrogens (tertiary/aromatic N) is 2. The van der Waals surface area contributed by atoms with Gasteiger partial charge in [-0.2, -0.15) is 0 Å². The molecule has 4 N–H and O–H groups in total. The van der Waals surface area contributed by atoms with Gasteiger partial charge in [-0.25, -0.2) is 9.37 Å². The van der Waals surface area contributed by atoms with Crippen molar-refractivity contribution < 1.29 is 34.0 Å². The van der Waals surface area contributed by atoms with Crippen LogP contribution in [0.2, 0.25) is 0 Å². The maximum Gasteiger partial charge on any atom is 0.226 e. The SMILES string of the molecule is O[C@H]1[C@H](O)[C@@H](O)CN(CCCCCCOCc2coc(-c3ccc(F)cc3)n2)C[C@@H]1O. The van der Waals surface area contributed by atoms with Gasteiger partial charge in [0, 0.05) is 25.3 Å². The summed E-state index contributed by atoms with van der Waals surface area (Å²) in [6.07, 6.45) is 0.473. The Kier molecular flexibility index (Phi) is 8.94. The normalized spacial score (nSPS) is 24.9. The summed E-state index contributed by atoms with van der Waals surface area (Å²) >= 11 is 0. The maximum absolute atomic E-state index is 13.0. The summed E-state index contributed by atoms with van der Waals surface area (Å²) in [5.41, 5.74) is 1.39. The zero-order chi connectivity index (χ0) is 22.2. The fourth-order valence-electron chi connectivity index (χ4n) is 3.63. The number of hydrogen-bond acceptors (Lipinski definition) is 8. The van der Waals surface area contributed by atoms with Gasteiger partial charge in [-0.05, 0) is 43.7 Å². The molecule has 1 aliphatic rings. The lowest BCUT2D eigenvalue weighted by molar-refractivity contribution is -0.0894. The molecule has 1 aliphatic heterocycles. The third-order valence-electron chi connectivity index (χ3n) is 5.43. The van der Waals surface area contributed by atoms with Crippen LogP contribution in [0, 0.1) is 5.82 Å². The second kappa shape index (κ2) is 11.7. The minimum absolute atomic E-state index is 0.232. The Hall–Kier alpha value is -1.88. The average Bonchev–Trinajstić information content (AvgIpc) is 3.20. The highest BCUT2D eigenvalue weighted by atomic mass is 19.1. The minimum atomic E-state index is -1.33. The Bertz CT molecular complexity index is 771. The number of aliphatic hydroxyl groups excluding tert-OH is 4. The van der Waals surface area contributed by atoms with Crippen LogP contribution in [0.3, 0.4) is 0 Å². The van der Waals surface area contributed by atoms with Crippen molar-refractivity contribution in [3.63, 3.8) is 0 Å². The van der Waals surface area contributed by atoms with Gasteiger partial charge in [-0.1, -0.05) is 12.8 Å². The Morgan fingerprint density at radius 1 is 0.968 bits per heavy atom. The highest BCUT2D eigenvalue weighted by Crippen LogP contribution is 2.19. The van der Waals surface area contributed by atoms with Crippen molar-refractivity contribution in [2.75, 3.05) is 26.2 Å². The van der Waals surface area contributed by atoms with E-state index in [4.69, 9.17) is 9.15 Å². The molecule has 1 aromatic carbocycles. The van der Waals surface area contributed by atoms with Crippen LogP contribution in [-0.2, 0) is 11.3 Å². The van der Waals surface area contributed by atoms with Crippen molar-refractivity contribution in [3.05, 3.63) is 42.0 Å². The van der Waals surface area contributed by atoms with E-state index in [1.54, 1.807) is 12.1 Å². The summed E-state index contributed by atoms with van der Waals surface area (Å²) in [6.45, 7) is 2.09. The molecule has 0 unspecified atom stereocenters. The third-order valence-corrected chi connectivity index (χ3v) is 5.43. The fraction of sp³-hybridized carbons (Fsp3) is 0.591. The van der Waals surface area contributed by atoms with E-state index < -0.39 is 24.4 Å². The van der Waals surface area contributed by atoms with E-state index in [0.29, 0.717) is 36.9 Å². The van der Waals surface area contributed by atoms with Crippen LogP contribution in [0.1, 0.15) is 31.4 Å². The number of halogens is 1. The van der Waals surface area contributed by atoms with Crippen LogP contribution in [0.5, 0.6) is 0 Å². The van der Waals surface area contributed by atoms with Gasteiger partial charge in [0.2, 0.25) is 5.89 Å². The van der Waals surface area contributed by atoms with Crippen LogP contribution < -0.4 is 0 Å². The van der Waals surface area contributed by atoms with Gasteiger partial charge >= 0.3 is 0 Å². The summed E-state index contributed by atoms with van der Waals surface area (Å²) in [5.74, 6) is 0.125. The summed E-state index contributed by atoms with van der Waals surface area (Å²) in [7, 11) is 0. The quantitative estimate of drug-likeness (QED) is 0.410. The zero-order valence-corrected chi connectivity index (χ0v) is 17.4. The lowest BCUT2D eigenvalue weighted by Crippen LogP contribution is -2.43. The molecule has 1 aromatic heterocycles. The van der Waals surface area contributed by atoms with Gasteiger partial charge in [0.1, 0.15) is 30.0 Å². The molecule has 2 aromatic rings. The number of aromatic nitrogens is 1. The summed E-state index contributed by atoms with van der Waals surface area (Å²) in [5, 5.41) is 39.2.